The van der Waals surface area contributed by atoms with E-state index in [-0.39, 0.29) is 11.9 Å². The molecule has 1 atom stereocenters. The number of amides is 1. The van der Waals surface area contributed by atoms with Crippen LogP contribution in [0.25, 0.3) is 0 Å². The summed E-state index contributed by atoms with van der Waals surface area (Å²) in [6.07, 6.45) is 2.87. The highest BCUT2D eigenvalue weighted by Gasteiger charge is 2.29. The number of hydrogen-bond acceptors (Lipinski definition) is 3. The molecule has 1 unspecified atom stereocenters. The minimum atomic E-state index is -0.214. The van der Waals surface area contributed by atoms with Gasteiger partial charge in [0.1, 0.15) is 6.04 Å². The number of rotatable bonds is 6. The van der Waals surface area contributed by atoms with Crippen LogP contribution in [-0.4, -0.2) is 26.0 Å². The van der Waals surface area contributed by atoms with Gasteiger partial charge in [0.2, 0.25) is 5.91 Å². The zero-order valence-electron chi connectivity index (χ0n) is 11.6. The quantitative estimate of drug-likeness (QED) is 0.770. The van der Waals surface area contributed by atoms with E-state index in [1.54, 1.807) is 0 Å². The van der Waals surface area contributed by atoms with E-state index in [1.807, 2.05) is 31.3 Å². The van der Waals surface area contributed by atoms with Gasteiger partial charge >= 0.3 is 0 Å². The summed E-state index contributed by atoms with van der Waals surface area (Å²) in [5, 5.41) is 6.21. The van der Waals surface area contributed by atoms with Crippen LogP contribution in [0, 0.1) is 0 Å². The van der Waals surface area contributed by atoms with E-state index in [0.29, 0.717) is 0 Å². The minimum absolute atomic E-state index is 0.0342. The third-order valence-corrected chi connectivity index (χ3v) is 3.31. The maximum atomic E-state index is 11.9. The summed E-state index contributed by atoms with van der Waals surface area (Å²) in [6, 6.07) is 5.87. The van der Waals surface area contributed by atoms with Crippen LogP contribution in [0.3, 0.4) is 0 Å². The smallest absolute Gasteiger partial charge is 0.246 e. The summed E-state index contributed by atoms with van der Waals surface area (Å²) in [4.78, 5) is 14.0. The maximum Gasteiger partial charge on any atom is 0.246 e. The van der Waals surface area contributed by atoms with Gasteiger partial charge in [-0.15, -0.1) is 6.58 Å². The molecule has 4 nitrogen and oxygen atoms in total. The summed E-state index contributed by atoms with van der Waals surface area (Å²) < 4.78 is 0. The van der Waals surface area contributed by atoms with E-state index in [1.165, 1.54) is 0 Å². The van der Waals surface area contributed by atoms with Crippen molar-refractivity contribution in [2.24, 2.45) is 0 Å². The van der Waals surface area contributed by atoms with Crippen molar-refractivity contribution >= 4 is 17.3 Å². The second kappa shape index (κ2) is 5.89. The molecule has 1 aliphatic rings. The molecular weight excluding hydrogens is 238 g/mol. The van der Waals surface area contributed by atoms with Gasteiger partial charge in [0.25, 0.3) is 0 Å². The van der Waals surface area contributed by atoms with Crippen LogP contribution in [-0.2, 0) is 4.79 Å². The molecule has 0 aromatic heterocycles. The molecule has 1 aromatic rings. The lowest BCUT2D eigenvalue weighted by atomic mass is 10.1. The van der Waals surface area contributed by atoms with Gasteiger partial charge in [-0.25, -0.2) is 0 Å². The average molecular weight is 259 g/mol. The van der Waals surface area contributed by atoms with Gasteiger partial charge in [0, 0.05) is 30.5 Å². The van der Waals surface area contributed by atoms with Gasteiger partial charge in [0.05, 0.1) is 0 Å². The second-order valence-corrected chi connectivity index (χ2v) is 4.82. The van der Waals surface area contributed by atoms with Gasteiger partial charge in [-0.2, -0.15) is 0 Å². The molecule has 19 heavy (non-hydrogen) atoms. The van der Waals surface area contributed by atoms with Crippen LogP contribution >= 0.6 is 0 Å². The Morgan fingerprint density at radius 2 is 2.32 bits per heavy atom. The number of hydrogen-bond donors (Lipinski definition) is 2. The first kappa shape index (κ1) is 13.6. The Hall–Kier alpha value is -1.81. The van der Waals surface area contributed by atoms with E-state index in [9.17, 15) is 4.79 Å². The number of fused-ring (bicyclic) bond motifs is 1. The summed E-state index contributed by atoms with van der Waals surface area (Å²) in [5.41, 5.74) is 3.02. The fourth-order valence-electron chi connectivity index (χ4n) is 2.28. The zero-order valence-corrected chi connectivity index (χ0v) is 11.6. The van der Waals surface area contributed by atoms with Crippen molar-refractivity contribution in [3.05, 3.63) is 36.4 Å². The fourth-order valence-corrected chi connectivity index (χ4v) is 2.28. The topological polar surface area (TPSA) is 44.4 Å². The molecule has 2 rings (SSSR count). The van der Waals surface area contributed by atoms with Crippen molar-refractivity contribution in [3.63, 3.8) is 0 Å². The Bertz CT molecular complexity index is 484. The summed E-state index contributed by atoms with van der Waals surface area (Å²) in [5.74, 6) is 0.0342. The Labute approximate surface area is 114 Å². The molecule has 0 saturated heterocycles. The molecule has 102 valence electrons. The Morgan fingerprint density at radius 1 is 1.53 bits per heavy atom. The molecule has 2 N–H and O–H groups in total. The first-order valence-electron chi connectivity index (χ1n) is 6.67. The number of carbonyl (C=O) groups excluding carboxylic acids is 1. The van der Waals surface area contributed by atoms with E-state index >= 15 is 0 Å². The predicted molar refractivity (Wildman–Crippen MR) is 79.6 cm³/mol. The van der Waals surface area contributed by atoms with Crippen molar-refractivity contribution in [2.45, 2.75) is 19.4 Å². The van der Waals surface area contributed by atoms with E-state index < -0.39 is 0 Å². The molecule has 0 saturated carbocycles. The van der Waals surface area contributed by atoms with Crippen LogP contribution < -0.4 is 15.5 Å². The van der Waals surface area contributed by atoms with Crippen molar-refractivity contribution in [3.8, 4) is 0 Å². The molecule has 0 fully saturated rings. The zero-order chi connectivity index (χ0) is 13.8. The van der Waals surface area contributed by atoms with Crippen molar-refractivity contribution in [2.75, 3.05) is 30.4 Å². The third-order valence-electron chi connectivity index (χ3n) is 3.31. The van der Waals surface area contributed by atoms with Gasteiger partial charge in [-0.05, 0) is 25.1 Å². The monoisotopic (exact) mass is 259 g/mol. The van der Waals surface area contributed by atoms with Gasteiger partial charge in [0.15, 0.2) is 0 Å². The molecule has 1 amide bonds. The molecule has 1 heterocycles. The highest BCUT2D eigenvalue weighted by atomic mass is 16.2. The first-order valence-corrected chi connectivity index (χ1v) is 6.67. The second-order valence-electron chi connectivity index (χ2n) is 4.82. The largest absolute Gasteiger partial charge is 0.371 e. The van der Waals surface area contributed by atoms with Gasteiger partial charge in [-0.3, -0.25) is 4.79 Å². The Kier molecular flexibility index (Phi) is 4.22. The standard InChI is InChI=1S/C15H21N3O/c1-4-8-16-14-12-7-6-11(18(3)9-5-2)10-13(12)17-15(14)19/h5-7,10,14,16H,2,4,8-9H2,1,3H3,(H,17,19). The Balaban J connectivity index is 2.21. The number of benzene rings is 1. The first-order chi connectivity index (χ1) is 9.17. The average Bonchev–Trinajstić information content (AvgIpc) is 2.71. The SMILES string of the molecule is C=CCN(C)c1ccc2c(c1)NC(=O)C2NCCC. The highest BCUT2D eigenvalue weighted by molar-refractivity contribution is 6.03. The molecule has 4 heteroatoms. The van der Waals surface area contributed by atoms with Crippen LogP contribution in [0.1, 0.15) is 24.9 Å². The highest BCUT2D eigenvalue weighted by Crippen LogP contribution is 2.33. The van der Waals surface area contributed by atoms with Crippen LogP contribution in [0.2, 0.25) is 0 Å². The lowest BCUT2D eigenvalue weighted by Crippen LogP contribution is -2.27. The van der Waals surface area contributed by atoms with Crippen molar-refractivity contribution in [1.29, 1.82) is 0 Å². The van der Waals surface area contributed by atoms with Gasteiger partial charge in [-0.1, -0.05) is 19.1 Å². The van der Waals surface area contributed by atoms with Gasteiger partial charge < -0.3 is 15.5 Å². The lowest BCUT2D eigenvalue weighted by Gasteiger charge is -2.18. The van der Waals surface area contributed by atoms with E-state index in [0.717, 1.165) is 36.4 Å². The molecular formula is C15H21N3O. The van der Waals surface area contributed by atoms with Crippen LogP contribution in [0.15, 0.2) is 30.9 Å². The number of carbonyl (C=O) groups is 1. The summed E-state index contributed by atoms with van der Waals surface area (Å²) >= 11 is 0. The van der Waals surface area contributed by atoms with Crippen LogP contribution in [0.4, 0.5) is 11.4 Å². The summed E-state index contributed by atoms with van der Waals surface area (Å²) in [6.45, 7) is 7.45. The summed E-state index contributed by atoms with van der Waals surface area (Å²) in [7, 11) is 2.01. The molecule has 1 aromatic carbocycles. The van der Waals surface area contributed by atoms with Crippen molar-refractivity contribution < 1.29 is 4.79 Å². The maximum absolute atomic E-state index is 11.9. The van der Waals surface area contributed by atoms with E-state index in [2.05, 4.69) is 29.0 Å². The number of anilines is 2. The molecule has 1 aliphatic heterocycles. The normalized spacial score (nSPS) is 16.9. The van der Waals surface area contributed by atoms with Crippen LogP contribution in [0.5, 0.6) is 0 Å². The number of likely N-dealkylation sites (N-methyl/N-ethyl adjacent to an activating group) is 1. The number of nitrogens with zero attached hydrogens (tertiary/aromatic N) is 1. The molecule has 0 bridgehead atoms. The predicted octanol–water partition coefficient (Wildman–Crippen LogP) is 2.30. The molecule has 0 spiro atoms. The lowest BCUT2D eigenvalue weighted by molar-refractivity contribution is -0.117. The molecule has 0 radical (unpaired) electrons. The minimum Gasteiger partial charge on any atom is -0.371 e. The molecule has 0 aliphatic carbocycles. The third kappa shape index (κ3) is 2.79. The fraction of sp³-hybridized carbons (Fsp3) is 0.400. The Morgan fingerprint density at radius 3 is 3.00 bits per heavy atom. The van der Waals surface area contributed by atoms with Crippen molar-refractivity contribution in [1.82, 2.24) is 5.32 Å². The number of nitrogens with one attached hydrogen (secondary N) is 2. The van der Waals surface area contributed by atoms with E-state index in [4.69, 9.17) is 0 Å².